The smallest absolute Gasteiger partial charge is 0.467 e. The Morgan fingerprint density at radius 1 is 0.943 bits per heavy atom. The van der Waals surface area contributed by atoms with Crippen molar-refractivity contribution in [3.63, 3.8) is 0 Å². The predicted octanol–water partition coefficient (Wildman–Crippen LogP) is 4.18. The van der Waals surface area contributed by atoms with E-state index in [1.807, 2.05) is 0 Å². The van der Waals surface area contributed by atoms with Crippen LogP contribution in [0.1, 0.15) is 47.1 Å². The fourth-order valence-electron chi connectivity index (χ4n) is 3.24. The van der Waals surface area contributed by atoms with E-state index in [9.17, 15) is 31.2 Å². The van der Waals surface area contributed by atoms with Crippen LogP contribution >= 0.6 is 0 Å². The molecule has 0 aliphatic carbocycles. The van der Waals surface area contributed by atoms with Gasteiger partial charge in [0, 0.05) is 31.8 Å². The molecule has 1 aliphatic rings. The zero-order valence-electron chi connectivity index (χ0n) is 20.5. The number of nitrogens with zero attached hydrogens (tertiary/aromatic N) is 2. The van der Waals surface area contributed by atoms with Gasteiger partial charge in [0.25, 0.3) is 5.75 Å². The van der Waals surface area contributed by atoms with Crippen LogP contribution in [0.2, 0.25) is 0 Å². The number of piperazine rings is 1. The molecule has 1 fully saturated rings. The summed E-state index contributed by atoms with van der Waals surface area (Å²) in [5.74, 6) is -0.380. The Bertz CT molecular complexity index is 1010. The summed E-state index contributed by atoms with van der Waals surface area (Å²) in [6, 6.07) is 4.61. The molecule has 0 spiro atoms. The van der Waals surface area contributed by atoms with Crippen LogP contribution in [0, 0.1) is 0 Å². The summed E-state index contributed by atoms with van der Waals surface area (Å²) in [5.41, 5.74) is -6.34. The molecule has 1 aromatic carbocycles. The van der Waals surface area contributed by atoms with Crippen LogP contribution in [0.25, 0.3) is 0 Å². The van der Waals surface area contributed by atoms with Crippen LogP contribution in [-0.2, 0) is 26.0 Å². The molecule has 35 heavy (non-hydrogen) atoms. The second-order valence-electron chi connectivity index (χ2n) is 10.1. The fraction of sp³-hybridized carbons (Fsp3) is 0.636. The highest BCUT2D eigenvalue weighted by Crippen LogP contribution is 2.28. The molecule has 0 radical (unpaired) electrons. The molecule has 0 saturated carbocycles. The SMILES string of the molecule is CC(C)(C)OC(=O)N1CCN(C(=O)OC(C)(C)C)C(Cc2ccc([OH+]S(=O)(=O)C(F)(F)F)cc2)C1. The van der Waals surface area contributed by atoms with E-state index >= 15 is 0 Å². The van der Waals surface area contributed by atoms with Gasteiger partial charge in [-0.3, -0.25) is 0 Å². The van der Waals surface area contributed by atoms with Crippen LogP contribution in [0.3, 0.4) is 0 Å². The molecule has 1 unspecified atom stereocenters. The first kappa shape index (κ1) is 28.5. The van der Waals surface area contributed by atoms with Gasteiger partial charge in [0.05, 0.1) is 6.04 Å². The number of benzene rings is 1. The van der Waals surface area contributed by atoms with Crippen molar-refractivity contribution in [2.24, 2.45) is 0 Å². The van der Waals surface area contributed by atoms with Gasteiger partial charge in [0.2, 0.25) is 0 Å². The van der Waals surface area contributed by atoms with E-state index in [0.29, 0.717) is 5.56 Å². The van der Waals surface area contributed by atoms with Gasteiger partial charge in [-0.25, -0.2) is 9.59 Å². The molecule has 0 aromatic heterocycles. The van der Waals surface area contributed by atoms with Gasteiger partial charge in [0.1, 0.15) is 11.2 Å². The van der Waals surface area contributed by atoms with E-state index in [0.717, 1.165) is 12.1 Å². The minimum atomic E-state index is -5.66. The summed E-state index contributed by atoms with van der Waals surface area (Å²) in [6.45, 7) is 11.0. The lowest BCUT2D eigenvalue weighted by atomic mass is 10.0. The van der Waals surface area contributed by atoms with Crippen molar-refractivity contribution >= 4 is 22.3 Å². The van der Waals surface area contributed by atoms with Gasteiger partial charge in [-0.15, -0.1) is 21.6 Å². The topological polar surface area (TPSA) is 106 Å². The summed E-state index contributed by atoms with van der Waals surface area (Å²) in [6.07, 6.45) is -0.864. The van der Waals surface area contributed by atoms with Crippen LogP contribution in [0.15, 0.2) is 24.3 Å². The van der Waals surface area contributed by atoms with E-state index in [-0.39, 0.29) is 31.8 Å². The van der Waals surface area contributed by atoms with E-state index in [4.69, 9.17) is 9.47 Å². The third kappa shape index (κ3) is 8.48. The Labute approximate surface area is 203 Å². The Balaban J connectivity index is 2.21. The number of aromatic hydroxyl groups is 1. The minimum Gasteiger partial charge on any atom is -0.467 e. The molecule has 0 bridgehead atoms. The zero-order chi connectivity index (χ0) is 26.8. The van der Waals surface area contributed by atoms with Gasteiger partial charge in [-0.1, -0.05) is 0 Å². The average molecular weight is 526 g/mol. The molecule has 1 heterocycles. The molecule has 9 nitrogen and oxygen atoms in total. The zero-order valence-corrected chi connectivity index (χ0v) is 21.4. The van der Waals surface area contributed by atoms with Crippen molar-refractivity contribution in [3.8, 4) is 5.75 Å². The predicted molar refractivity (Wildman–Crippen MR) is 121 cm³/mol. The molecule has 198 valence electrons. The molecule has 13 heteroatoms. The highest BCUT2D eigenvalue weighted by atomic mass is 32.2. The maximum absolute atomic E-state index is 12.8. The molecule has 1 atom stereocenters. The van der Waals surface area contributed by atoms with Gasteiger partial charge in [-0.2, -0.15) is 0 Å². The maximum atomic E-state index is 12.8. The number of carbonyl (C=O) groups is 2. The molecule has 1 aliphatic heterocycles. The Hall–Kier alpha value is -2.70. The third-order valence-corrected chi connectivity index (χ3v) is 5.72. The van der Waals surface area contributed by atoms with E-state index < -0.39 is 45.1 Å². The van der Waals surface area contributed by atoms with Crippen molar-refractivity contribution in [1.29, 1.82) is 0 Å². The van der Waals surface area contributed by atoms with Gasteiger partial charge in [0.15, 0.2) is 0 Å². The van der Waals surface area contributed by atoms with Gasteiger partial charge < -0.3 is 23.5 Å². The molecule has 1 saturated heterocycles. The van der Waals surface area contributed by atoms with Crippen LogP contribution in [-0.4, -0.2) is 77.0 Å². The first-order valence-electron chi connectivity index (χ1n) is 10.9. The second-order valence-corrected chi connectivity index (χ2v) is 11.7. The maximum Gasteiger partial charge on any atom is 0.583 e. The molecule has 2 rings (SSSR count). The summed E-state index contributed by atoms with van der Waals surface area (Å²) in [7, 11) is -5.66. The molecule has 2 amide bonds. The number of hydrogen-bond acceptors (Lipinski definition) is 6. The normalized spacial score (nSPS) is 17.7. The van der Waals surface area contributed by atoms with Crippen molar-refractivity contribution in [1.82, 2.24) is 9.80 Å². The Kier molecular flexibility index (Phi) is 8.25. The second kappa shape index (κ2) is 10.1. The first-order valence-corrected chi connectivity index (χ1v) is 12.3. The monoisotopic (exact) mass is 525 g/mol. The first-order chi connectivity index (χ1) is 15.8. The fourth-order valence-corrected chi connectivity index (χ4v) is 3.74. The summed E-state index contributed by atoms with van der Waals surface area (Å²) in [4.78, 5) is 28.4. The number of halogens is 3. The highest BCUT2D eigenvalue weighted by molar-refractivity contribution is 7.87. The number of ether oxygens (including phenoxy) is 2. The van der Waals surface area contributed by atoms with Gasteiger partial charge in [-0.05, 0) is 65.7 Å². The lowest BCUT2D eigenvalue weighted by molar-refractivity contribution is -0.0580. The largest absolute Gasteiger partial charge is 0.583 e. The van der Waals surface area contributed by atoms with Crippen LogP contribution < -0.4 is 0 Å². The highest BCUT2D eigenvalue weighted by Gasteiger charge is 2.53. The lowest BCUT2D eigenvalue weighted by Gasteiger charge is -2.42. The quantitative estimate of drug-likeness (QED) is 0.253. The average Bonchev–Trinajstić information content (AvgIpc) is 2.65. The standard InChI is InChI=1S/C22H31F3N2O7S/c1-20(2,3)32-18(28)26-11-12-27(19(29)33-21(4,5)6)16(14-26)13-15-7-9-17(10-8-15)34-35(30,31)22(23,24)25/h7-10,16H,11-14H2,1-6H3/p+1. The third-order valence-electron chi connectivity index (χ3n) is 4.69. The van der Waals surface area contributed by atoms with Crippen LogP contribution in [0.4, 0.5) is 22.8 Å². The van der Waals surface area contributed by atoms with Crippen LogP contribution in [0.5, 0.6) is 5.75 Å². The number of amides is 2. The Morgan fingerprint density at radius 2 is 1.46 bits per heavy atom. The molecule has 1 aromatic rings. The number of hydrogen-bond donors (Lipinski definition) is 0. The summed E-state index contributed by atoms with van der Waals surface area (Å²) >= 11 is 0. The minimum absolute atomic E-state index is 0.142. The summed E-state index contributed by atoms with van der Waals surface area (Å²) in [5, 5.41) is 0. The number of rotatable bonds is 4. The molecular formula is C22H32F3N2O7S+. The van der Waals surface area contributed by atoms with E-state index in [1.54, 1.807) is 41.5 Å². The van der Waals surface area contributed by atoms with Crippen molar-refractivity contribution in [3.05, 3.63) is 29.8 Å². The van der Waals surface area contributed by atoms with E-state index in [2.05, 4.69) is 4.18 Å². The van der Waals surface area contributed by atoms with Crippen molar-refractivity contribution < 1.29 is 44.8 Å². The molecule has 1 N–H and O–H groups in total. The molecular weight excluding hydrogens is 493 g/mol. The lowest BCUT2D eigenvalue weighted by Crippen LogP contribution is -2.58. The van der Waals surface area contributed by atoms with Crippen molar-refractivity contribution in [2.75, 3.05) is 19.6 Å². The van der Waals surface area contributed by atoms with Gasteiger partial charge >= 0.3 is 27.8 Å². The number of alkyl halides is 3. The van der Waals surface area contributed by atoms with E-state index in [1.165, 1.54) is 21.9 Å². The Morgan fingerprint density at radius 3 is 1.94 bits per heavy atom. The number of carbonyl (C=O) groups excluding carboxylic acids is 2. The van der Waals surface area contributed by atoms with Crippen molar-refractivity contribution in [2.45, 2.75) is 70.7 Å². The summed E-state index contributed by atoms with van der Waals surface area (Å²) < 4.78 is 74.0.